The predicted molar refractivity (Wildman–Crippen MR) is 137 cm³/mol. The first-order valence-corrected chi connectivity index (χ1v) is 12.2. The zero-order valence-electron chi connectivity index (χ0n) is 22.2. The van der Waals surface area contributed by atoms with Gasteiger partial charge in [0.1, 0.15) is 6.54 Å². The van der Waals surface area contributed by atoms with E-state index in [9.17, 15) is 4.79 Å². The molecule has 3 aromatic rings. The summed E-state index contributed by atoms with van der Waals surface area (Å²) in [5.41, 5.74) is 2.31. The molecule has 0 aliphatic heterocycles. The number of carbonyl (C=O) groups is 1. The molecule has 198 valence electrons. The summed E-state index contributed by atoms with van der Waals surface area (Å²) in [4.78, 5) is 13.5. The molecule has 1 aromatic carbocycles. The van der Waals surface area contributed by atoms with Crippen LogP contribution in [0.4, 0.5) is 0 Å². The monoisotopic (exact) mass is 501 g/mol. The van der Waals surface area contributed by atoms with E-state index in [4.69, 9.17) is 24.7 Å². The molecule has 0 spiro atoms. The van der Waals surface area contributed by atoms with Gasteiger partial charge in [0.15, 0.2) is 22.9 Å². The first kappa shape index (κ1) is 27.2. The van der Waals surface area contributed by atoms with E-state index in [0.717, 1.165) is 11.1 Å². The van der Waals surface area contributed by atoms with Gasteiger partial charge in [0.2, 0.25) is 11.5 Å². The van der Waals surface area contributed by atoms with Crippen LogP contribution >= 0.6 is 0 Å². The van der Waals surface area contributed by atoms with Crippen molar-refractivity contribution in [2.45, 2.75) is 65.8 Å². The summed E-state index contributed by atoms with van der Waals surface area (Å²) in [7, 11) is 1.57. The Balaban J connectivity index is 0.00000481. The average Bonchev–Trinajstić information content (AvgIpc) is 3.12. The van der Waals surface area contributed by atoms with Crippen LogP contribution in [-0.2, 0) is 12.0 Å². The molecule has 36 heavy (non-hydrogen) atoms. The molecule has 2 N–H and O–H groups in total. The van der Waals surface area contributed by atoms with Crippen molar-refractivity contribution < 1.29 is 25.5 Å². The quantitative estimate of drug-likeness (QED) is 0.303. The molecule has 0 aliphatic carbocycles. The van der Waals surface area contributed by atoms with Crippen molar-refractivity contribution in [2.75, 3.05) is 26.9 Å². The molecule has 2 heterocycles. The molecule has 0 fully saturated rings. The van der Waals surface area contributed by atoms with Gasteiger partial charge in [0.05, 0.1) is 20.3 Å². The van der Waals surface area contributed by atoms with E-state index < -0.39 is 0 Å². The maximum Gasteiger partial charge on any atom is 0.242 e. The van der Waals surface area contributed by atoms with Crippen LogP contribution in [0.5, 0.6) is 17.4 Å². The summed E-state index contributed by atoms with van der Waals surface area (Å²) >= 11 is 0. The highest BCUT2D eigenvalue weighted by atomic mass is 16.5. The normalized spacial score (nSPS) is 11.8. The molecule has 2 aromatic heterocycles. The summed E-state index contributed by atoms with van der Waals surface area (Å²) in [6.45, 7) is 12.6. The Morgan fingerprint density at radius 1 is 1.19 bits per heavy atom. The van der Waals surface area contributed by atoms with Gasteiger partial charge in [0.25, 0.3) is 0 Å². The summed E-state index contributed by atoms with van der Waals surface area (Å²) in [6, 6.07) is 5.29. The van der Waals surface area contributed by atoms with Crippen molar-refractivity contribution >= 4 is 11.4 Å². The number of aromatic nitrogens is 4. The number of fused-ring (bicyclic) bond motifs is 1. The first-order chi connectivity index (χ1) is 17.0. The third-order valence-electron chi connectivity index (χ3n) is 5.75. The smallest absolute Gasteiger partial charge is 0.242 e. The van der Waals surface area contributed by atoms with Gasteiger partial charge in [0, 0.05) is 37.2 Å². The predicted octanol–water partition coefficient (Wildman–Crippen LogP) is 3.73. The molecule has 0 radical (unpaired) electrons. The molecule has 10 heteroatoms. The third kappa shape index (κ3) is 5.70. The number of nitrogens with zero attached hydrogens (tertiary/aromatic N) is 4. The van der Waals surface area contributed by atoms with Gasteiger partial charge in [-0.05, 0) is 30.4 Å². The second-order valence-corrected chi connectivity index (χ2v) is 9.90. The molecule has 0 bridgehead atoms. The van der Waals surface area contributed by atoms with Crippen molar-refractivity contribution in [3.8, 4) is 17.4 Å². The molecule has 0 saturated heterocycles. The van der Waals surface area contributed by atoms with Gasteiger partial charge >= 0.3 is 0 Å². The zero-order valence-corrected chi connectivity index (χ0v) is 22.2. The highest BCUT2D eigenvalue weighted by Gasteiger charge is 2.26. The SMILES string of the molecule is CCOc1cc(C(C)C)c2nn(CC(=O)c3cc(OCCCO)c(OC)c(C(C)(C)C)c3)c(=N)n2n1.[HH]. The van der Waals surface area contributed by atoms with Crippen molar-refractivity contribution in [1.29, 1.82) is 5.41 Å². The molecule has 0 saturated carbocycles. The van der Waals surface area contributed by atoms with Crippen molar-refractivity contribution in [1.82, 2.24) is 19.4 Å². The second-order valence-electron chi connectivity index (χ2n) is 9.90. The fraction of sp³-hybridized carbons (Fsp3) is 0.538. The van der Waals surface area contributed by atoms with E-state index in [-0.39, 0.29) is 43.9 Å². The van der Waals surface area contributed by atoms with Gasteiger partial charge < -0.3 is 19.3 Å². The van der Waals surface area contributed by atoms with Gasteiger partial charge in [-0.1, -0.05) is 34.6 Å². The fourth-order valence-electron chi connectivity index (χ4n) is 3.88. The average molecular weight is 502 g/mol. The maximum absolute atomic E-state index is 13.5. The molecular weight excluding hydrogens is 462 g/mol. The van der Waals surface area contributed by atoms with E-state index in [1.54, 1.807) is 13.2 Å². The Kier molecular flexibility index (Phi) is 8.39. The minimum atomic E-state index is -0.320. The standard InChI is InChI=1S/C26H37N5O5.H2/c1-8-35-22-14-18(16(2)3)24-29-30(25(27)31(24)28-22)15-20(33)17-12-19(26(4,5)6)23(34-7)21(13-17)36-11-9-10-32;/h12-14,16,27,32H,8-11,15H2,1-7H3;1H. The minimum absolute atomic E-state index is 0. The molecule has 0 atom stereocenters. The number of hydrogen-bond acceptors (Lipinski definition) is 8. The van der Waals surface area contributed by atoms with Crippen molar-refractivity contribution in [2.24, 2.45) is 0 Å². The Labute approximate surface area is 212 Å². The molecule has 0 aliphatic rings. The van der Waals surface area contributed by atoms with Crippen LogP contribution in [0.3, 0.4) is 0 Å². The Bertz CT molecular complexity index is 1290. The molecule has 0 unspecified atom stereocenters. The van der Waals surface area contributed by atoms with Gasteiger partial charge in [-0.3, -0.25) is 10.2 Å². The lowest BCUT2D eigenvalue weighted by atomic mass is 9.84. The lowest BCUT2D eigenvalue weighted by molar-refractivity contribution is 0.0964. The van der Waals surface area contributed by atoms with Crippen molar-refractivity contribution in [3.63, 3.8) is 0 Å². The lowest BCUT2D eigenvalue weighted by Crippen LogP contribution is -2.26. The number of aliphatic hydroxyl groups is 1. The highest BCUT2D eigenvalue weighted by Crippen LogP contribution is 2.40. The van der Waals surface area contributed by atoms with Crippen LogP contribution in [0.1, 0.15) is 76.8 Å². The number of Topliss-reactive ketones (excluding diaryl/α,β-unsaturated/α-hetero) is 1. The number of nitrogens with one attached hydrogen (secondary N) is 1. The third-order valence-corrected chi connectivity index (χ3v) is 5.75. The van der Waals surface area contributed by atoms with E-state index in [2.05, 4.69) is 10.2 Å². The van der Waals surface area contributed by atoms with Crippen LogP contribution < -0.4 is 19.8 Å². The summed E-state index contributed by atoms with van der Waals surface area (Å²) in [5.74, 6) is 1.31. The molecular formula is C26H39N5O5. The molecule has 3 rings (SSSR count). The van der Waals surface area contributed by atoms with E-state index >= 15 is 0 Å². The summed E-state index contributed by atoms with van der Waals surface area (Å²) in [6.07, 6.45) is 0.459. The van der Waals surface area contributed by atoms with Crippen LogP contribution in [-0.4, -0.2) is 57.2 Å². The van der Waals surface area contributed by atoms with E-state index in [1.807, 2.05) is 53.7 Å². The molecule has 0 amide bonds. The number of carbonyl (C=O) groups excluding carboxylic acids is 1. The fourth-order valence-corrected chi connectivity index (χ4v) is 3.88. The number of ketones is 1. The summed E-state index contributed by atoms with van der Waals surface area (Å²) in [5, 5.41) is 26.7. The Hall–Kier alpha value is -3.40. The lowest BCUT2D eigenvalue weighted by Gasteiger charge is -2.25. The number of benzene rings is 1. The Morgan fingerprint density at radius 3 is 2.50 bits per heavy atom. The molecule has 10 nitrogen and oxygen atoms in total. The van der Waals surface area contributed by atoms with Gasteiger partial charge in [-0.2, -0.15) is 4.52 Å². The number of rotatable bonds is 11. The largest absolute Gasteiger partial charge is 0.493 e. The van der Waals surface area contributed by atoms with Crippen LogP contribution in [0.2, 0.25) is 0 Å². The topological polar surface area (TPSA) is 124 Å². The minimum Gasteiger partial charge on any atom is -0.493 e. The number of ether oxygens (including phenoxy) is 3. The number of hydrogen-bond donors (Lipinski definition) is 2. The van der Waals surface area contributed by atoms with Crippen LogP contribution in [0.25, 0.3) is 5.65 Å². The van der Waals surface area contributed by atoms with Gasteiger partial charge in [-0.15, -0.1) is 10.2 Å². The van der Waals surface area contributed by atoms with Crippen LogP contribution in [0.15, 0.2) is 18.2 Å². The van der Waals surface area contributed by atoms with E-state index in [1.165, 1.54) is 9.20 Å². The maximum atomic E-state index is 13.5. The highest BCUT2D eigenvalue weighted by molar-refractivity contribution is 5.97. The van der Waals surface area contributed by atoms with Crippen molar-refractivity contribution in [3.05, 3.63) is 40.5 Å². The first-order valence-electron chi connectivity index (χ1n) is 12.2. The second kappa shape index (κ2) is 11.1. The zero-order chi connectivity index (χ0) is 26.6. The van der Waals surface area contributed by atoms with E-state index in [0.29, 0.717) is 41.6 Å². The van der Waals surface area contributed by atoms with Crippen LogP contribution in [0, 0.1) is 5.41 Å². The number of aliphatic hydroxyl groups excluding tert-OH is 1. The summed E-state index contributed by atoms with van der Waals surface area (Å²) < 4.78 is 19.8. The van der Waals surface area contributed by atoms with Gasteiger partial charge in [-0.25, -0.2) is 4.68 Å². The Morgan fingerprint density at radius 2 is 1.92 bits per heavy atom. The number of methoxy groups -OCH3 is 1.